The molecule has 1 heterocycles. The molecule has 5 nitrogen and oxygen atoms in total. The molecule has 0 N–H and O–H groups in total. The van der Waals surface area contributed by atoms with Gasteiger partial charge in [0.15, 0.2) is 0 Å². The number of rotatable bonds is 6. The average Bonchev–Trinajstić information content (AvgIpc) is 2.87. The number of hydrogen-bond donors (Lipinski definition) is 0. The summed E-state index contributed by atoms with van der Waals surface area (Å²) in [5.74, 6) is 0.767. The van der Waals surface area contributed by atoms with E-state index in [1.165, 1.54) is 0 Å². The van der Waals surface area contributed by atoms with Crippen molar-refractivity contribution in [2.75, 3.05) is 14.2 Å². The summed E-state index contributed by atoms with van der Waals surface area (Å²) in [6, 6.07) is 7.59. The zero-order valence-electron chi connectivity index (χ0n) is 15.0. The molecule has 128 valence electrons. The fourth-order valence-corrected chi connectivity index (χ4v) is 2.60. The molecule has 0 saturated heterocycles. The van der Waals surface area contributed by atoms with Crippen molar-refractivity contribution in [2.45, 2.75) is 33.9 Å². The number of carbonyl (C=O) groups is 1. The molecule has 0 bridgehead atoms. The molecule has 2 aromatic rings. The average molecular weight is 327 g/mol. The molecular formula is C19H25N3O2. The Kier molecular flexibility index (Phi) is 5.79. The number of nitrogens with zero attached hydrogens (tertiary/aromatic N) is 3. The zero-order valence-corrected chi connectivity index (χ0v) is 15.0. The topological polar surface area (TPSA) is 47.4 Å². The van der Waals surface area contributed by atoms with Crippen LogP contribution in [0.1, 0.15) is 29.4 Å². The van der Waals surface area contributed by atoms with Crippen LogP contribution in [0, 0.1) is 13.8 Å². The van der Waals surface area contributed by atoms with Crippen LogP contribution in [0.4, 0.5) is 0 Å². The molecule has 0 saturated carbocycles. The zero-order chi connectivity index (χ0) is 17.7. The summed E-state index contributed by atoms with van der Waals surface area (Å²) < 4.78 is 7.09. The van der Waals surface area contributed by atoms with Crippen molar-refractivity contribution < 1.29 is 9.53 Å². The van der Waals surface area contributed by atoms with Crippen molar-refractivity contribution >= 4 is 12.0 Å². The summed E-state index contributed by atoms with van der Waals surface area (Å²) in [4.78, 5) is 14.0. The number of methoxy groups -OCH3 is 1. The van der Waals surface area contributed by atoms with Gasteiger partial charge in [0.05, 0.1) is 12.8 Å². The summed E-state index contributed by atoms with van der Waals surface area (Å²) in [5.41, 5.74) is 4.18. The Bertz CT molecular complexity index is 730. The molecule has 1 aromatic carbocycles. The van der Waals surface area contributed by atoms with Crippen LogP contribution in [0.2, 0.25) is 0 Å². The Morgan fingerprint density at radius 2 is 1.96 bits per heavy atom. The first-order chi connectivity index (χ1) is 11.5. The molecule has 0 radical (unpaired) electrons. The fourth-order valence-electron chi connectivity index (χ4n) is 2.60. The highest BCUT2D eigenvalue weighted by molar-refractivity contribution is 5.91. The number of benzene rings is 1. The normalized spacial score (nSPS) is 11.0. The van der Waals surface area contributed by atoms with E-state index >= 15 is 0 Å². The quantitative estimate of drug-likeness (QED) is 0.766. The van der Waals surface area contributed by atoms with Gasteiger partial charge in [0.1, 0.15) is 5.75 Å². The molecular weight excluding hydrogens is 302 g/mol. The van der Waals surface area contributed by atoms with E-state index in [2.05, 4.69) is 12.0 Å². The van der Waals surface area contributed by atoms with Gasteiger partial charge < -0.3 is 9.64 Å². The van der Waals surface area contributed by atoms with E-state index in [0.717, 1.165) is 34.8 Å². The van der Waals surface area contributed by atoms with Crippen LogP contribution in [0.3, 0.4) is 0 Å². The smallest absolute Gasteiger partial charge is 0.246 e. The maximum atomic E-state index is 12.3. The largest absolute Gasteiger partial charge is 0.497 e. The van der Waals surface area contributed by atoms with Gasteiger partial charge in [-0.15, -0.1) is 0 Å². The Balaban J connectivity index is 2.04. The van der Waals surface area contributed by atoms with E-state index in [1.807, 2.05) is 55.9 Å². The predicted octanol–water partition coefficient (Wildman–Crippen LogP) is 3.20. The minimum absolute atomic E-state index is 0.0335. The fraction of sp³-hybridized carbons (Fsp3) is 0.368. The van der Waals surface area contributed by atoms with Gasteiger partial charge in [0.2, 0.25) is 5.91 Å². The van der Waals surface area contributed by atoms with Crippen molar-refractivity contribution in [1.29, 1.82) is 0 Å². The van der Waals surface area contributed by atoms with E-state index in [4.69, 9.17) is 4.74 Å². The highest BCUT2D eigenvalue weighted by Gasteiger charge is 2.14. The molecule has 0 unspecified atom stereocenters. The summed E-state index contributed by atoms with van der Waals surface area (Å²) >= 11 is 0. The number of ether oxygens (including phenoxy) is 1. The molecule has 1 amide bonds. The first-order valence-corrected chi connectivity index (χ1v) is 8.06. The first-order valence-electron chi connectivity index (χ1n) is 8.06. The Morgan fingerprint density at radius 3 is 2.50 bits per heavy atom. The van der Waals surface area contributed by atoms with Gasteiger partial charge in [-0.1, -0.05) is 12.1 Å². The minimum Gasteiger partial charge on any atom is -0.497 e. The van der Waals surface area contributed by atoms with Crippen molar-refractivity contribution in [3.05, 3.63) is 52.9 Å². The summed E-state index contributed by atoms with van der Waals surface area (Å²) in [7, 11) is 3.44. The standard InChI is InChI=1S/C19H25N3O2/c1-6-22-15(3)18(14(2)20-22)13-21(4)19(23)12-9-16-7-10-17(24-5)11-8-16/h7-12H,6,13H2,1-5H3/b12-9+. The second kappa shape index (κ2) is 7.81. The lowest BCUT2D eigenvalue weighted by molar-refractivity contribution is -0.125. The third-order valence-corrected chi connectivity index (χ3v) is 4.14. The van der Waals surface area contributed by atoms with E-state index in [1.54, 1.807) is 18.1 Å². The number of aryl methyl sites for hydroxylation is 2. The molecule has 5 heteroatoms. The second-order valence-electron chi connectivity index (χ2n) is 5.77. The lowest BCUT2D eigenvalue weighted by Gasteiger charge is -2.15. The van der Waals surface area contributed by atoms with E-state index in [9.17, 15) is 4.79 Å². The Labute approximate surface area is 143 Å². The van der Waals surface area contributed by atoms with Crippen molar-refractivity contribution in [2.24, 2.45) is 0 Å². The van der Waals surface area contributed by atoms with E-state index in [0.29, 0.717) is 6.54 Å². The molecule has 0 spiro atoms. The third-order valence-electron chi connectivity index (χ3n) is 4.14. The highest BCUT2D eigenvalue weighted by Crippen LogP contribution is 2.16. The van der Waals surface area contributed by atoms with Crippen molar-refractivity contribution in [3.63, 3.8) is 0 Å². The molecule has 1 aromatic heterocycles. The van der Waals surface area contributed by atoms with Gasteiger partial charge in [-0.3, -0.25) is 9.48 Å². The maximum Gasteiger partial charge on any atom is 0.246 e. The van der Waals surface area contributed by atoms with Crippen LogP contribution >= 0.6 is 0 Å². The number of carbonyl (C=O) groups excluding carboxylic acids is 1. The number of hydrogen-bond acceptors (Lipinski definition) is 3. The molecule has 0 aliphatic heterocycles. The van der Waals surface area contributed by atoms with Crippen molar-refractivity contribution in [1.82, 2.24) is 14.7 Å². The first kappa shape index (κ1) is 17.8. The number of aromatic nitrogens is 2. The summed E-state index contributed by atoms with van der Waals surface area (Å²) in [6.07, 6.45) is 3.41. The molecule has 0 aliphatic carbocycles. The van der Waals surface area contributed by atoms with Crippen LogP contribution in [-0.4, -0.2) is 34.7 Å². The second-order valence-corrected chi connectivity index (χ2v) is 5.77. The van der Waals surface area contributed by atoms with Crippen LogP contribution in [0.5, 0.6) is 5.75 Å². The molecule has 0 atom stereocenters. The van der Waals surface area contributed by atoms with Gasteiger partial charge in [0, 0.05) is 37.5 Å². The molecule has 2 rings (SSSR count). The molecule has 24 heavy (non-hydrogen) atoms. The van der Waals surface area contributed by atoms with Crippen LogP contribution in [0.25, 0.3) is 6.08 Å². The van der Waals surface area contributed by atoms with Crippen LogP contribution in [-0.2, 0) is 17.9 Å². The van der Waals surface area contributed by atoms with Gasteiger partial charge in [-0.05, 0) is 44.5 Å². The lowest BCUT2D eigenvalue weighted by atomic mass is 10.1. The van der Waals surface area contributed by atoms with E-state index < -0.39 is 0 Å². The Hall–Kier alpha value is -2.56. The van der Waals surface area contributed by atoms with Gasteiger partial charge in [0.25, 0.3) is 0 Å². The van der Waals surface area contributed by atoms with Crippen LogP contribution < -0.4 is 4.74 Å². The molecule has 0 fully saturated rings. The number of likely N-dealkylation sites (N-methyl/N-ethyl adjacent to an activating group) is 1. The van der Waals surface area contributed by atoms with Gasteiger partial charge in [-0.25, -0.2) is 0 Å². The SMILES string of the molecule is CCn1nc(C)c(CN(C)C(=O)/C=C/c2ccc(OC)cc2)c1C. The molecule has 0 aliphatic rings. The maximum absolute atomic E-state index is 12.3. The van der Waals surface area contributed by atoms with Crippen molar-refractivity contribution in [3.8, 4) is 5.75 Å². The summed E-state index contributed by atoms with van der Waals surface area (Å²) in [5, 5.41) is 4.50. The third kappa shape index (κ3) is 4.04. The van der Waals surface area contributed by atoms with E-state index in [-0.39, 0.29) is 5.91 Å². The van der Waals surface area contributed by atoms with Gasteiger partial charge >= 0.3 is 0 Å². The Morgan fingerprint density at radius 1 is 1.29 bits per heavy atom. The highest BCUT2D eigenvalue weighted by atomic mass is 16.5. The van der Waals surface area contributed by atoms with Crippen LogP contribution in [0.15, 0.2) is 30.3 Å². The minimum atomic E-state index is -0.0335. The predicted molar refractivity (Wildman–Crippen MR) is 95.9 cm³/mol. The van der Waals surface area contributed by atoms with Gasteiger partial charge in [-0.2, -0.15) is 5.10 Å². The number of amides is 1. The summed E-state index contributed by atoms with van der Waals surface area (Å²) in [6.45, 7) is 7.49. The lowest BCUT2D eigenvalue weighted by Crippen LogP contribution is -2.24. The monoisotopic (exact) mass is 327 g/mol.